The van der Waals surface area contributed by atoms with E-state index in [1.807, 2.05) is 23.1 Å². The van der Waals surface area contributed by atoms with Gasteiger partial charge in [-0.2, -0.15) is 0 Å². The van der Waals surface area contributed by atoms with E-state index in [1.54, 1.807) is 31.3 Å². The van der Waals surface area contributed by atoms with Crippen LogP contribution in [0, 0.1) is 0 Å². The molecule has 25 heavy (non-hydrogen) atoms. The number of amides is 3. The normalized spacial score (nSPS) is 19.5. The second kappa shape index (κ2) is 7.38. The zero-order valence-electron chi connectivity index (χ0n) is 14.5. The van der Waals surface area contributed by atoms with Gasteiger partial charge < -0.3 is 15.5 Å². The van der Waals surface area contributed by atoms with E-state index in [2.05, 4.69) is 29.7 Å². The third kappa shape index (κ3) is 3.82. The van der Waals surface area contributed by atoms with Crippen LogP contribution in [0.25, 0.3) is 0 Å². The SMILES string of the molecule is CNC(=O)c1cccc(NC(=O)N2CC(c3ccccc3)CC2C)c1. The number of urea groups is 1. The number of rotatable bonds is 3. The molecule has 1 saturated heterocycles. The molecule has 2 unspecified atom stereocenters. The lowest BCUT2D eigenvalue weighted by atomic mass is 9.97. The number of hydrogen-bond donors (Lipinski definition) is 2. The molecular weight excluding hydrogens is 314 g/mol. The molecule has 0 spiro atoms. The molecule has 1 fully saturated rings. The highest BCUT2D eigenvalue weighted by Gasteiger charge is 2.33. The zero-order chi connectivity index (χ0) is 17.8. The second-order valence-electron chi connectivity index (χ2n) is 6.43. The van der Waals surface area contributed by atoms with Crippen LogP contribution in [0.5, 0.6) is 0 Å². The first-order valence-electron chi connectivity index (χ1n) is 8.53. The maximum Gasteiger partial charge on any atom is 0.322 e. The van der Waals surface area contributed by atoms with Crippen molar-refractivity contribution in [2.45, 2.75) is 25.3 Å². The smallest absolute Gasteiger partial charge is 0.322 e. The van der Waals surface area contributed by atoms with Gasteiger partial charge in [-0.3, -0.25) is 4.79 Å². The largest absolute Gasteiger partial charge is 0.355 e. The summed E-state index contributed by atoms with van der Waals surface area (Å²) in [6, 6.07) is 17.3. The molecule has 3 amide bonds. The van der Waals surface area contributed by atoms with Gasteiger partial charge in [-0.1, -0.05) is 36.4 Å². The fourth-order valence-corrected chi connectivity index (χ4v) is 3.36. The van der Waals surface area contributed by atoms with Gasteiger partial charge in [-0.25, -0.2) is 4.79 Å². The highest BCUT2D eigenvalue weighted by atomic mass is 16.2. The molecule has 0 saturated carbocycles. The van der Waals surface area contributed by atoms with Crippen molar-refractivity contribution in [3.05, 3.63) is 65.7 Å². The van der Waals surface area contributed by atoms with Crippen LogP contribution in [0.4, 0.5) is 10.5 Å². The van der Waals surface area contributed by atoms with E-state index in [0.717, 1.165) is 6.42 Å². The summed E-state index contributed by atoms with van der Waals surface area (Å²) in [5, 5.41) is 5.50. The summed E-state index contributed by atoms with van der Waals surface area (Å²) in [6.45, 7) is 2.77. The Morgan fingerprint density at radius 1 is 1.08 bits per heavy atom. The fraction of sp³-hybridized carbons (Fsp3) is 0.300. The van der Waals surface area contributed by atoms with E-state index in [0.29, 0.717) is 23.7 Å². The van der Waals surface area contributed by atoms with Crippen molar-refractivity contribution in [1.29, 1.82) is 0 Å². The van der Waals surface area contributed by atoms with Gasteiger partial charge in [0.25, 0.3) is 5.91 Å². The molecule has 2 aromatic rings. The lowest BCUT2D eigenvalue weighted by molar-refractivity contribution is 0.0963. The van der Waals surface area contributed by atoms with Gasteiger partial charge in [0.05, 0.1) is 0 Å². The number of carbonyl (C=O) groups excluding carboxylic acids is 2. The summed E-state index contributed by atoms with van der Waals surface area (Å²) in [7, 11) is 1.59. The molecule has 0 aliphatic carbocycles. The van der Waals surface area contributed by atoms with Crippen molar-refractivity contribution in [3.8, 4) is 0 Å². The van der Waals surface area contributed by atoms with E-state index in [-0.39, 0.29) is 18.0 Å². The number of anilines is 1. The first-order valence-corrected chi connectivity index (χ1v) is 8.53. The number of benzene rings is 2. The Hall–Kier alpha value is -2.82. The second-order valence-corrected chi connectivity index (χ2v) is 6.43. The zero-order valence-corrected chi connectivity index (χ0v) is 14.5. The summed E-state index contributed by atoms with van der Waals surface area (Å²) in [4.78, 5) is 26.3. The fourth-order valence-electron chi connectivity index (χ4n) is 3.36. The summed E-state index contributed by atoms with van der Waals surface area (Å²) in [5.74, 6) is 0.189. The van der Waals surface area contributed by atoms with E-state index in [1.165, 1.54) is 5.56 Å². The molecule has 0 aromatic heterocycles. The Bertz CT molecular complexity index is 761. The van der Waals surface area contributed by atoms with Crippen LogP contribution in [0.3, 0.4) is 0 Å². The van der Waals surface area contributed by atoms with E-state index < -0.39 is 0 Å². The van der Waals surface area contributed by atoms with Crippen molar-refractivity contribution in [2.24, 2.45) is 0 Å². The van der Waals surface area contributed by atoms with Crippen molar-refractivity contribution in [2.75, 3.05) is 18.9 Å². The molecule has 1 aliphatic heterocycles. The first-order chi connectivity index (χ1) is 12.1. The van der Waals surface area contributed by atoms with Gasteiger partial charge in [0, 0.05) is 36.8 Å². The summed E-state index contributed by atoms with van der Waals surface area (Å²) in [6.07, 6.45) is 0.954. The summed E-state index contributed by atoms with van der Waals surface area (Å²) in [5.41, 5.74) is 2.42. The number of likely N-dealkylation sites (tertiary alicyclic amines) is 1. The van der Waals surface area contributed by atoms with Crippen molar-refractivity contribution in [3.63, 3.8) is 0 Å². The van der Waals surface area contributed by atoms with Crippen LogP contribution in [0.1, 0.15) is 35.2 Å². The van der Waals surface area contributed by atoms with Crippen molar-refractivity contribution < 1.29 is 9.59 Å². The Morgan fingerprint density at radius 3 is 2.56 bits per heavy atom. The molecule has 1 aliphatic rings. The van der Waals surface area contributed by atoms with Crippen LogP contribution in [-0.4, -0.2) is 36.5 Å². The average Bonchev–Trinajstić information content (AvgIpc) is 3.04. The maximum absolute atomic E-state index is 12.7. The molecule has 5 heteroatoms. The highest BCUT2D eigenvalue weighted by Crippen LogP contribution is 2.31. The molecule has 2 aromatic carbocycles. The molecule has 2 N–H and O–H groups in total. The summed E-state index contributed by atoms with van der Waals surface area (Å²) < 4.78 is 0. The van der Waals surface area contributed by atoms with Crippen molar-refractivity contribution >= 4 is 17.6 Å². The van der Waals surface area contributed by atoms with Crippen LogP contribution in [-0.2, 0) is 0 Å². The monoisotopic (exact) mass is 337 g/mol. The molecule has 130 valence electrons. The number of carbonyl (C=O) groups is 2. The lowest BCUT2D eigenvalue weighted by Crippen LogP contribution is -2.37. The van der Waals surface area contributed by atoms with E-state index in [4.69, 9.17) is 0 Å². The summed E-state index contributed by atoms with van der Waals surface area (Å²) >= 11 is 0. The quantitative estimate of drug-likeness (QED) is 0.901. The molecule has 3 rings (SSSR count). The van der Waals surface area contributed by atoms with Gasteiger partial charge in [-0.05, 0) is 37.1 Å². The molecule has 1 heterocycles. The molecular formula is C20H23N3O2. The first kappa shape index (κ1) is 17.0. The minimum atomic E-state index is -0.171. The molecule has 2 atom stereocenters. The third-order valence-corrected chi connectivity index (χ3v) is 4.71. The minimum absolute atomic E-state index is 0.125. The van der Waals surface area contributed by atoms with Crippen LogP contribution in [0.2, 0.25) is 0 Å². The molecule has 0 radical (unpaired) electrons. The van der Waals surface area contributed by atoms with Gasteiger partial charge in [0.15, 0.2) is 0 Å². The highest BCUT2D eigenvalue weighted by molar-refractivity contribution is 5.96. The number of nitrogens with one attached hydrogen (secondary N) is 2. The van der Waals surface area contributed by atoms with Crippen LogP contribution < -0.4 is 10.6 Å². The predicted octanol–water partition coefficient (Wildman–Crippen LogP) is 3.46. The molecule has 5 nitrogen and oxygen atoms in total. The van der Waals surface area contributed by atoms with E-state index in [9.17, 15) is 9.59 Å². The van der Waals surface area contributed by atoms with E-state index >= 15 is 0 Å². The number of nitrogens with zero attached hydrogens (tertiary/aromatic N) is 1. The minimum Gasteiger partial charge on any atom is -0.355 e. The Kier molecular flexibility index (Phi) is 5.03. The van der Waals surface area contributed by atoms with Gasteiger partial charge in [0.2, 0.25) is 0 Å². The number of hydrogen-bond acceptors (Lipinski definition) is 2. The lowest BCUT2D eigenvalue weighted by Gasteiger charge is -2.22. The topological polar surface area (TPSA) is 61.4 Å². The molecule has 0 bridgehead atoms. The van der Waals surface area contributed by atoms with Crippen molar-refractivity contribution in [1.82, 2.24) is 10.2 Å². The van der Waals surface area contributed by atoms with Gasteiger partial charge in [-0.15, -0.1) is 0 Å². The average molecular weight is 337 g/mol. The Morgan fingerprint density at radius 2 is 1.84 bits per heavy atom. The maximum atomic E-state index is 12.7. The Balaban J connectivity index is 1.68. The van der Waals surface area contributed by atoms with Gasteiger partial charge >= 0.3 is 6.03 Å². The van der Waals surface area contributed by atoms with Crippen LogP contribution >= 0.6 is 0 Å². The van der Waals surface area contributed by atoms with Crippen LogP contribution in [0.15, 0.2) is 54.6 Å². The third-order valence-electron chi connectivity index (χ3n) is 4.71. The standard InChI is InChI=1S/C20H23N3O2/c1-14-11-17(15-7-4-3-5-8-15)13-23(14)20(25)22-18-10-6-9-16(12-18)19(24)21-2/h3-10,12,14,17H,11,13H2,1-2H3,(H,21,24)(H,22,25). The predicted molar refractivity (Wildman–Crippen MR) is 98.8 cm³/mol. The van der Waals surface area contributed by atoms with Gasteiger partial charge in [0.1, 0.15) is 0 Å². The Labute approximate surface area is 148 Å².